The predicted octanol–water partition coefficient (Wildman–Crippen LogP) is 4.84. The van der Waals surface area contributed by atoms with Gasteiger partial charge in [-0.05, 0) is 43.7 Å². The molecule has 0 aliphatic rings. The van der Waals surface area contributed by atoms with Crippen LogP contribution in [-0.4, -0.2) is 11.6 Å². The maximum Gasteiger partial charge on any atom is 0.226 e. The first kappa shape index (κ1) is 16.9. The summed E-state index contributed by atoms with van der Waals surface area (Å²) in [5.41, 5.74) is 3.12. The zero-order valence-corrected chi connectivity index (χ0v) is 14.6. The Morgan fingerprint density at radius 1 is 1.04 bits per heavy atom. The quantitative estimate of drug-likeness (QED) is 0.606. The standard InChI is InChI=1S/C22H21NO2/c1-3-4-8-18-11-13-20(14-12-18)24-16-15-21-17(2)25-22(23-21)19-9-6-5-7-10-19/h5-7,9-14H,8,15-16H2,1-2H3. The van der Waals surface area contributed by atoms with Crippen molar-refractivity contribution in [3.05, 3.63) is 71.6 Å². The van der Waals surface area contributed by atoms with Crippen molar-refractivity contribution >= 4 is 0 Å². The number of hydrogen-bond donors (Lipinski definition) is 0. The maximum atomic E-state index is 5.82. The lowest BCUT2D eigenvalue weighted by molar-refractivity contribution is 0.320. The number of oxazole rings is 1. The first-order valence-electron chi connectivity index (χ1n) is 8.39. The number of ether oxygens (including phenoxy) is 1. The monoisotopic (exact) mass is 331 g/mol. The number of hydrogen-bond acceptors (Lipinski definition) is 3. The number of benzene rings is 2. The van der Waals surface area contributed by atoms with E-state index in [1.165, 1.54) is 5.56 Å². The van der Waals surface area contributed by atoms with Gasteiger partial charge in [-0.15, -0.1) is 5.92 Å². The molecule has 0 fully saturated rings. The molecular formula is C22H21NO2. The summed E-state index contributed by atoms with van der Waals surface area (Å²) in [5, 5.41) is 0. The van der Waals surface area contributed by atoms with Crippen molar-refractivity contribution in [2.24, 2.45) is 0 Å². The molecule has 2 aromatic carbocycles. The minimum Gasteiger partial charge on any atom is -0.493 e. The molecule has 3 aromatic rings. The minimum atomic E-state index is 0.565. The zero-order valence-electron chi connectivity index (χ0n) is 14.6. The lowest BCUT2D eigenvalue weighted by Crippen LogP contribution is -2.02. The third-order valence-electron chi connectivity index (χ3n) is 3.91. The molecule has 0 saturated carbocycles. The van der Waals surface area contributed by atoms with Crippen LogP contribution in [0.4, 0.5) is 0 Å². The van der Waals surface area contributed by atoms with E-state index in [4.69, 9.17) is 9.15 Å². The number of rotatable bonds is 6. The van der Waals surface area contributed by atoms with Crippen molar-refractivity contribution in [3.63, 3.8) is 0 Å². The van der Waals surface area contributed by atoms with E-state index in [-0.39, 0.29) is 0 Å². The molecule has 1 heterocycles. The summed E-state index contributed by atoms with van der Waals surface area (Å²) in [7, 11) is 0. The molecular weight excluding hydrogens is 310 g/mol. The Balaban J connectivity index is 1.57. The van der Waals surface area contributed by atoms with Crippen LogP contribution < -0.4 is 4.74 Å². The highest BCUT2D eigenvalue weighted by molar-refractivity contribution is 5.53. The van der Waals surface area contributed by atoms with Crippen molar-refractivity contribution in [1.29, 1.82) is 0 Å². The van der Waals surface area contributed by atoms with E-state index in [1.54, 1.807) is 0 Å². The van der Waals surface area contributed by atoms with E-state index >= 15 is 0 Å². The van der Waals surface area contributed by atoms with Crippen LogP contribution in [0.15, 0.2) is 59.0 Å². The summed E-state index contributed by atoms with van der Waals surface area (Å²) in [4.78, 5) is 4.60. The summed E-state index contributed by atoms with van der Waals surface area (Å²) in [5.74, 6) is 8.33. The third-order valence-corrected chi connectivity index (χ3v) is 3.91. The topological polar surface area (TPSA) is 35.3 Å². The normalized spacial score (nSPS) is 10.2. The Labute approximate surface area is 148 Å². The molecule has 0 amide bonds. The molecule has 1 aromatic heterocycles. The van der Waals surface area contributed by atoms with Crippen molar-refractivity contribution < 1.29 is 9.15 Å². The van der Waals surface area contributed by atoms with E-state index in [1.807, 2.05) is 56.3 Å². The molecule has 0 radical (unpaired) electrons. The van der Waals surface area contributed by atoms with Crippen molar-refractivity contribution in [2.45, 2.75) is 26.7 Å². The number of aryl methyl sites for hydroxylation is 1. The Bertz CT molecular complexity index is 868. The van der Waals surface area contributed by atoms with E-state index in [2.05, 4.69) is 29.0 Å². The van der Waals surface area contributed by atoms with Gasteiger partial charge in [0.25, 0.3) is 0 Å². The van der Waals surface area contributed by atoms with Gasteiger partial charge in [0.1, 0.15) is 11.5 Å². The van der Waals surface area contributed by atoms with Crippen LogP contribution in [0.1, 0.15) is 23.9 Å². The van der Waals surface area contributed by atoms with Crippen LogP contribution >= 0.6 is 0 Å². The van der Waals surface area contributed by atoms with Gasteiger partial charge in [-0.3, -0.25) is 0 Å². The van der Waals surface area contributed by atoms with Crippen molar-refractivity contribution in [1.82, 2.24) is 4.98 Å². The lowest BCUT2D eigenvalue weighted by atomic mass is 10.1. The van der Waals surface area contributed by atoms with Gasteiger partial charge in [-0.25, -0.2) is 4.98 Å². The summed E-state index contributed by atoms with van der Waals surface area (Å²) in [6.07, 6.45) is 1.49. The fourth-order valence-corrected chi connectivity index (χ4v) is 2.52. The highest BCUT2D eigenvalue weighted by atomic mass is 16.5. The predicted molar refractivity (Wildman–Crippen MR) is 99.5 cm³/mol. The third kappa shape index (κ3) is 4.51. The average molecular weight is 331 g/mol. The number of nitrogens with zero attached hydrogens (tertiary/aromatic N) is 1. The highest BCUT2D eigenvalue weighted by Gasteiger charge is 2.11. The second-order valence-corrected chi connectivity index (χ2v) is 5.73. The van der Waals surface area contributed by atoms with Gasteiger partial charge in [0.15, 0.2) is 0 Å². The van der Waals surface area contributed by atoms with Gasteiger partial charge in [-0.1, -0.05) is 36.3 Å². The Hall–Kier alpha value is -2.99. The molecule has 0 bridgehead atoms. The second kappa shape index (κ2) is 8.21. The summed E-state index contributed by atoms with van der Waals surface area (Å²) in [6, 6.07) is 18.0. The van der Waals surface area contributed by atoms with Crippen LogP contribution in [0.5, 0.6) is 5.75 Å². The summed E-state index contributed by atoms with van der Waals surface area (Å²) in [6.45, 7) is 4.36. The number of aromatic nitrogens is 1. The molecule has 0 N–H and O–H groups in total. The van der Waals surface area contributed by atoms with Crippen molar-refractivity contribution in [2.75, 3.05) is 6.61 Å². The van der Waals surface area contributed by atoms with Crippen LogP contribution in [0.3, 0.4) is 0 Å². The molecule has 25 heavy (non-hydrogen) atoms. The first-order chi connectivity index (χ1) is 12.3. The molecule has 0 unspecified atom stereocenters. The first-order valence-corrected chi connectivity index (χ1v) is 8.39. The van der Waals surface area contributed by atoms with Crippen LogP contribution in [0.25, 0.3) is 11.5 Å². The molecule has 3 rings (SSSR count). The van der Waals surface area contributed by atoms with E-state index in [0.29, 0.717) is 18.9 Å². The average Bonchev–Trinajstić information content (AvgIpc) is 3.03. The SMILES string of the molecule is CC#CCc1ccc(OCCc2nc(-c3ccccc3)oc2C)cc1. The van der Waals surface area contributed by atoms with E-state index in [9.17, 15) is 0 Å². The summed E-state index contributed by atoms with van der Waals surface area (Å²) < 4.78 is 11.6. The van der Waals surface area contributed by atoms with Gasteiger partial charge in [0.05, 0.1) is 12.3 Å². The molecule has 0 aliphatic carbocycles. The van der Waals surface area contributed by atoms with Crippen molar-refractivity contribution in [3.8, 4) is 29.0 Å². The molecule has 0 saturated heterocycles. The highest BCUT2D eigenvalue weighted by Crippen LogP contribution is 2.22. The van der Waals surface area contributed by atoms with Crippen LogP contribution in [-0.2, 0) is 12.8 Å². The maximum absolute atomic E-state index is 5.82. The fourth-order valence-electron chi connectivity index (χ4n) is 2.52. The van der Waals surface area contributed by atoms with Gasteiger partial charge in [-0.2, -0.15) is 0 Å². The van der Waals surface area contributed by atoms with Gasteiger partial charge in [0, 0.05) is 18.4 Å². The van der Waals surface area contributed by atoms with Gasteiger partial charge < -0.3 is 9.15 Å². The Morgan fingerprint density at radius 3 is 2.52 bits per heavy atom. The van der Waals surface area contributed by atoms with Crippen LogP contribution in [0.2, 0.25) is 0 Å². The van der Waals surface area contributed by atoms with E-state index in [0.717, 1.165) is 29.2 Å². The molecule has 0 aliphatic heterocycles. The second-order valence-electron chi connectivity index (χ2n) is 5.73. The fraction of sp³-hybridized carbons (Fsp3) is 0.227. The Morgan fingerprint density at radius 2 is 1.80 bits per heavy atom. The zero-order chi connectivity index (χ0) is 17.5. The molecule has 0 atom stereocenters. The van der Waals surface area contributed by atoms with Gasteiger partial charge >= 0.3 is 0 Å². The minimum absolute atomic E-state index is 0.565. The lowest BCUT2D eigenvalue weighted by Gasteiger charge is -2.05. The van der Waals surface area contributed by atoms with Crippen LogP contribution in [0, 0.1) is 18.8 Å². The summed E-state index contributed by atoms with van der Waals surface area (Å²) >= 11 is 0. The molecule has 3 nitrogen and oxygen atoms in total. The molecule has 3 heteroatoms. The largest absolute Gasteiger partial charge is 0.493 e. The van der Waals surface area contributed by atoms with Gasteiger partial charge in [0.2, 0.25) is 5.89 Å². The molecule has 0 spiro atoms. The van der Waals surface area contributed by atoms with E-state index < -0.39 is 0 Å². The smallest absolute Gasteiger partial charge is 0.226 e. The Kier molecular flexibility index (Phi) is 5.53. The molecule has 126 valence electrons.